The van der Waals surface area contributed by atoms with Crippen LogP contribution in [0.4, 0.5) is 5.69 Å². The lowest BCUT2D eigenvalue weighted by molar-refractivity contribution is 0.615. The van der Waals surface area contributed by atoms with Crippen LogP contribution in [0.2, 0.25) is 0 Å². The summed E-state index contributed by atoms with van der Waals surface area (Å²) < 4.78 is 3.56. The highest BCUT2D eigenvalue weighted by Gasteiger charge is 2.17. The summed E-state index contributed by atoms with van der Waals surface area (Å²) in [5.74, 6) is 0. The molecule has 0 aliphatic heterocycles. The summed E-state index contributed by atoms with van der Waals surface area (Å²) in [4.78, 5) is 22.7. The number of pyridine rings is 1. The van der Waals surface area contributed by atoms with Crippen molar-refractivity contribution < 1.29 is 1.43 Å². The quantitative estimate of drug-likeness (QED) is 0.383. The molecule has 1 N–H and O–H groups in total. The highest BCUT2D eigenvalue weighted by molar-refractivity contribution is 7.03. The zero-order valence-corrected chi connectivity index (χ0v) is 20.9. The number of anilines is 1. The Morgan fingerprint density at radius 3 is 2.70 bits per heavy atom. The third kappa shape index (κ3) is 5.57. The number of para-hydroxylation sites is 1. The Bertz CT molecular complexity index is 1200. The van der Waals surface area contributed by atoms with E-state index in [4.69, 9.17) is 9.98 Å². The predicted octanol–water partition coefficient (Wildman–Crippen LogP) is 5.39. The molecule has 1 aliphatic rings. The normalized spacial score (nSPS) is 14.1. The van der Waals surface area contributed by atoms with Crippen molar-refractivity contribution >= 4 is 28.1 Å². The Hall–Kier alpha value is -2.41. The van der Waals surface area contributed by atoms with Crippen molar-refractivity contribution in [2.24, 2.45) is 4.99 Å². The second kappa shape index (κ2) is 11.6. The van der Waals surface area contributed by atoms with Gasteiger partial charge in [0.05, 0.1) is 5.52 Å². The molecule has 0 bridgehead atoms. The summed E-state index contributed by atoms with van der Waals surface area (Å²) in [5, 5.41) is 5.04. The number of nitrogens with zero attached hydrogens (tertiary/aromatic N) is 4. The SMILES string of the molecule is CCn1sc(=NCCCCCCCNc2c3c(nc4ccccc24)CCCC3)n(CC)c1=O.[HH]. The number of unbranched alkanes of at least 4 members (excludes halogenated alkanes) is 4. The molecular weight excluding hydrogens is 430 g/mol. The van der Waals surface area contributed by atoms with Gasteiger partial charge in [0.15, 0.2) is 0 Å². The van der Waals surface area contributed by atoms with Crippen LogP contribution >= 0.6 is 11.5 Å². The van der Waals surface area contributed by atoms with Gasteiger partial charge in [0.25, 0.3) is 0 Å². The molecule has 0 amide bonds. The largest absolute Gasteiger partial charge is 0.384 e. The number of rotatable bonds is 11. The Morgan fingerprint density at radius 1 is 1.06 bits per heavy atom. The lowest BCUT2D eigenvalue weighted by atomic mass is 9.92. The summed E-state index contributed by atoms with van der Waals surface area (Å²) in [5.41, 5.74) is 5.27. The first-order valence-corrected chi connectivity index (χ1v) is 13.5. The van der Waals surface area contributed by atoms with E-state index < -0.39 is 0 Å². The van der Waals surface area contributed by atoms with Crippen molar-refractivity contribution in [1.29, 1.82) is 0 Å². The zero-order chi connectivity index (χ0) is 23.0. The van der Waals surface area contributed by atoms with E-state index in [-0.39, 0.29) is 7.12 Å². The van der Waals surface area contributed by atoms with Crippen LogP contribution in [-0.2, 0) is 25.9 Å². The van der Waals surface area contributed by atoms with Gasteiger partial charge in [-0.3, -0.25) is 14.5 Å². The van der Waals surface area contributed by atoms with Gasteiger partial charge in [-0.1, -0.05) is 37.5 Å². The number of aryl methyl sites for hydroxylation is 2. The number of hydrogen-bond acceptors (Lipinski definition) is 5. The van der Waals surface area contributed by atoms with Gasteiger partial charge in [-0.2, -0.15) is 0 Å². The van der Waals surface area contributed by atoms with Crippen LogP contribution in [0.15, 0.2) is 34.1 Å². The lowest BCUT2D eigenvalue weighted by Crippen LogP contribution is -2.28. The van der Waals surface area contributed by atoms with Gasteiger partial charge in [0.1, 0.15) is 0 Å². The molecular formula is C26H39N5OS. The second-order valence-electron chi connectivity index (χ2n) is 8.81. The third-order valence-corrected chi connectivity index (χ3v) is 7.67. The standard InChI is InChI=1S/C26H37N5OS.H2/c1-3-30-25(33-31(4-2)26(30)32)28-19-13-7-5-6-12-18-27-24-20-14-8-10-16-22(20)29-23-17-11-9-15-21(23)24;/h8,10,14,16H,3-7,9,11-13,15,17-19H2,1-2H3,(H,27,29);1H. The fourth-order valence-electron chi connectivity index (χ4n) is 4.72. The molecule has 0 spiro atoms. The fourth-order valence-corrected chi connectivity index (χ4v) is 5.68. The van der Waals surface area contributed by atoms with Crippen molar-refractivity contribution in [3.8, 4) is 0 Å². The summed E-state index contributed by atoms with van der Waals surface area (Å²) in [6.07, 6.45) is 10.7. The summed E-state index contributed by atoms with van der Waals surface area (Å²) in [7, 11) is 0. The predicted molar refractivity (Wildman–Crippen MR) is 140 cm³/mol. The zero-order valence-electron chi connectivity index (χ0n) is 20.1. The van der Waals surface area contributed by atoms with Crippen molar-refractivity contribution in [1.82, 2.24) is 13.5 Å². The van der Waals surface area contributed by atoms with Crippen LogP contribution in [0.3, 0.4) is 0 Å². The topological polar surface area (TPSA) is 64.2 Å². The monoisotopic (exact) mass is 469 g/mol. The highest BCUT2D eigenvalue weighted by atomic mass is 32.1. The number of aromatic nitrogens is 3. The highest BCUT2D eigenvalue weighted by Crippen LogP contribution is 2.33. The first kappa shape index (κ1) is 23.7. The van der Waals surface area contributed by atoms with Crippen LogP contribution in [0.25, 0.3) is 10.9 Å². The van der Waals surface area contributed by atoms with Crippen molar-refractivity contribution in [2.45, 2.75) is 84.7 Å². The maximum atomic E-state index is 12.2. The lowest BCUT2D eigenvalue weighted by Gasteiger charge is -2.21. The van der Waals surface area contributed by atoms with Crippen LogP contribution < -0.4 is 15.8 Å². The van der Waals surface area contributed by atoms with Crippen molar-refractivity contribution in [3.63, 3.8) is 0 Å². The molecule has 1 aromatic carbocycles. The van der Waals surface area contributed by atoms with Crippen LogP contribution in [0.5, 0.6) is 0 Å². The maximum absolute atomic E-state index is 12.2. The smallest absolute Gasteiger partial charge is 0.339 e. The first-order valence-electron chi connectivity index (χ1n) is 12.7. The Labute approximate surface area is 202 Å². The molecule has 6 nitrogen and oxygen atoms in total. The first-order chi connectivity index (χ1) is 16.2. The van der Waals surface area contributed by atoms with E-state index in [0.717, 1.165) is 42.7 Å². The van der Waals surface area contributed by atoms with E-state index in [0.29, 0.717) is 13.1 Å². The van der Waals surface area contributed by atoms with Gasteiger partial charge in [-0.15, -0.1) is 0 Å². The van der Waals surface area contributed by atoms with E-state index in [9.17, 15) is 4.79 Å². The van der Waals surface area contributed by atoms with E-state index in [2.05, 4.69) is 29.6 Å². The average molecular weight is 470 g/mol. The van der Waals surface area contributed by atoms with Gasteiger partial charge in [-0.25, -0.2) is 8.75 Å². The molecule has 7 heteroatoms. The van der Waals surface area contributed by atoms with E-state index in [1.165, 1.54) is 72.4 Å². The van der Waals surface area contributed by atoms with Crippen LogP contribution in [-0.4, -0.2) is 26.6 Å². The van der Waals surface area contributed by atoms with Crippen molar-refractivity contribution in [2.75, 3.05) is 18.4 Å². The summed E-state index contributed by atoms with van der Waals surface area (Å²) in [6, 6.07) is 8.55. The van der Waals surface area contributed by atoms with Gasteiger partial charge >= 0.3 is 5.69 Å². The molecule has 0 fully saturated rings. The molecule has 3 aromatic rings. The molecule has 180 valence electrons. The Kier molecular flexibility index (Phi) is 8.37. The van der Waals surface area contributed by atoms with E-state index in [1.54, 1.807) is 8.52 Å². The molecule has 0 saturated carbocycles. The third-order valence-electron chi connectivity index (χ3n) is 6.52. The number of fused-ring (bicyclic) bond motifs is 2. The van der Waals surface area contributed by atoms with Gasteiger partial charge in [0, 0.05) is 44.4 Å². The molecule has 2 aromatic heterocycles. The molecule has 0 unspecified atom stereocenters. The molecule has 2 heterocycles. The molecule has 4 rings (SSSR count). The minimum absolute atomic E-state index is 0. The average Bonchev–Trinajstić information content (AvgIpc) is 3.16. The number of benzene rings is 1. The fraction of sp³-hybridized carbons (Fsp3) is 0.577. The number of hydrogen-bond donors (Lipinski definition) is 1. The molecule has 1 aliphatic carbocycles. The second-order valence-corrected chi connectivity index (χ2v) is 9.80. The minimum Gasteiger partial charge on any atom is -0.384 e. The minimum atomic E-state index is 0. The Morgan fingerprint density at radius 2 is 1.85 bits per heavy atom. The van der Waals surface area contributed by atoms with E-state index >= 15 is 0 Å². The van der Waals surface area contributed by atoms with E-state index in [1.807, 2.05) is 13.8 Å². The van der Waals surface area contributed by atoms with Crippen LogP contribution in [0, 0.1) is 0 Å². The Balaban J connectivity index is 0.00000324. The summed E-state index contributed by atoms with van der Waals surface area (Å²) in [6.45, 7) is 7.22. The number of nitrogens with one attached hydrogen (secondary N) is 1. The summed E-state index contributed by atoms with van der Waals surface area (Å²) >= 11 is 1.48. The van der Waals surface area contributed by atoms with Gasteiger partial charge in [-0.05, 0) is 75.5 Å². The van der Waals surface area contributed by atoms with Crippen molar-refractivity contribution in [3.05, 3.63) is 50.8 Å². The van der Waals surface area contributed by atoms with Gasteiger partial charge < -0.3 is 5.32 Å². The maximum Gasteiger partial charge on any atom is 0.339 e. The molecule has 0 saturated heterocycles. The molecule has 0 radical (unpaired) electrons. The molecule has 0 atom stereocenters. The van der Waals surface area contributed by atoms with Crippen LogP contribution in [0.1, 0.15) is 71.5 Å². The van der Waals surface area contributed by atoms with Gasteiger partial charge in [0.2, 0.25) is 4.80 Å². The molecule has 33 heavy (non-hydrogen) atoms.